The summed E-state index contributed by atoms with van der Waals surface area (Å²) in [7, 11) is 2.21. The highest BCUT2D eigenvalue weighted by molar-refractivity contribution is 6.30. The molecule has 3 rings (SSSR count). The van der Waals surface area contributed by atoms with Crippen molar-refractivity contribution in [2.24, 2.45) is 17.8 Å². The lowest BCUT2D eigenvalue weighted by molar-refractivity contribution is 0.215. The van der Waals surface area contributed by atoms with Gasteiger partial charge in [0.2, 0.25) is 0 Å². The number of anilines is 1. The van der Waals surface area contributed by atoms with Crippen molar-refractivity contribution in [1.82, 2.24) is 4.90 Å². The lowest BCUT2D eigenvalue weighted by Gasteiger charge is -2.27. The second-order valence-corrected chi connectivity index (χ2v) is 6.91. The maximum absolute atomic E-state index is 6.03. The van der Waals surface area contributed by atoms with Gasteiger partial charge in [0.05, 0.1) is 0 Å². The van der Waals surface area contributed by atoms with Gasteiger partial charge in [-0.15, -0.1) is 0 Å². The van der Waals surface area contributed by atoms with E-state index in [0.717, 1.165) is 35.0 Å². The van der Waals surface area contributed by atoms with Crippen molar-refractivity contribution in [2.75, 3.05) is 19.3 Å². The van der Waals surface area contributed by atoms with E-state index in [4.69, 9.17) is 17.3 Å². The molecule has 2 N–H and O–H groups in total. The number of nitrogens with zero attached hydrogens (tertiary/aromatic N) is 1. The summed E-state index contributed by atoms with van der Waals surface area (Å²) in [6.07, 6.45) is 5.88. The topological polar surface area (TPSA) is 29.3 Å². The first-order valence-corrected chi connectivity index (χ1v) is 7.72. The molecule has 2 fully saturated rings. The summed E-state index contributed by atoms with van der Waals surface area (Å²) in [5.74, 6) is 2.94. The zero-order valence-corrected chi connectivity index (χ0v) is 12.4. The van der Waals surface area contributed by atoms with Crippen LogP contribution >= 0.6 is 11.6 Å². The Kier molecular flexibility index (Phi) is 3.72. The third-order valence-corrected chi connectivity index (χ3v) is 5.21. The zero-order chi connectivity index (χ0) is 13.4. The van der Waals surface area contributed by atoms with Crippen LogP contribution in [0.5, 0.6) is 0 Å². The molecule has 3 heteroatoms. The fourth-order valence-corrected chi connectivity index (χ4v) is 4.25. The first kappa shape index (κ1) is 13.3. The maximum Gasteiger partial charge on any atom is 0.0426 e. The standard InChI is InChI=1S/C16H23ClN2/c1-19(9-13-4-5-15(17)8-16(13)18)10-14-7-11-2-3-12(14)6-11/h4-5,8,11-12,14H,2-3,6-7,9-10,18H2,1H3. The Morgan fingerprint density at radius 3 is 2.79 bits per heavy atom. The number of hydrogen-bond donors (Lipinski definition) is 1. The van der Waals surface area contributed by atoms with E-state index >= 15 is 0 Å². The van der Waals surface area contributed by atoms with Crippen LogP contribution < -0.4 is 5.73 Å². The predicted octanol–water partition coefficient (Wildman–Crippen LogP) is 3.79. The highest BCUT2D eigenvalue weighted by Crippen LogP contribution is 2.48. The number of hydrogen-bond acceptors (Lipinski definition) is 2. The molecule has 0 aromatic heterocycles. The molecule has 3 unspecified atom stereocenters. The van der Waals surface area contributed by atoms with E-state index in [2.05, 4.69) is 18.0 Å². The van der Waals surface area contributed by atoms with E-state index < -0.39 is 0 Å². The van der Waals surface area contributed by atoms with Gasteiger partial charge in [0.15, 0.2) is 0 Å². The van der Waals surface area contributed by atoms with Crippen molar-refractivity contribution >= 4 is 17.3 Å². The average molecular weight is 279 g/mol. The van der Waals surface area contributed by atoms with Crippen molar-refractivity contribution in [2.45, 2.75) is 32.2 Å². The average Bonchev–Trinajstić information content (AvgIpc) is 2.95. The molecule has 2 bridgehead atoms. The molecule has 0 heterocycles. The van der Waals surface area contributed by atoms with Crippen molar-refractivity contribution in [1.29, 1.82) is 0 Å². The highest BCUT2D eigenvalue weighted by atomic mass is 35.5. The zero-order valence-electron chi connectivity index (χ0n) is 11.6. The molecular formula is C16H23ClN2. The molecule has 2 aliphatic carbocycles. The molecular weight excluding hydrogens is 256 g/mol. The number of fused-ring (bicyclic) bond motifs is 2. The van der Waals surface area contributed by atoms with E-state index in [1.165, 1.54) is 37.8 Å². The van der Waals surface area contributed by atoms with Gasteiger partial charge < -0.3 is 10.6 Å². The molecule has 1 aromatic carbocycles. The predicted molar refractivity (Wildman–Crippen MR) is 81.1 cm³/mol. The molecule has 2 saturated carbocycles. The summed E-state index contributed by atoms with van der Waals surface area (Å²) < 4.78 is 0. The second kappa shape index (κ2) is 5.34. The summed E-state index contributed by atoms with van der Waals surface area (Å²) in [5.41, 5.74) is 8.03. The van der Waals surface area contributed by atoms with Crippen molar-refractivity contribution in [3.05, 3.63) is 28.8 Å². The molecule has 0 spiro atoms. The first-order chi connectivity index (χ1) is 9.11. The van der Waals surface area contributed by atoms with Gasteiger partial charge in [0, 0.05) is 23.8 Å². The molecule has 19 heavy (non-hydrogen) atoms. The fourth-order valence-electron chi connectivity index (χ4n) is 4.07. The van der Waals surface area contributed by atoms with E-state index in [1.807, 2.05) is 12.1 Å². The smallest absolute Gasteiger partial charge is 0.0426 e. The Balaban J connectivity index is 1.57. The van der Waals surface area contributed by atoms with Crippen molar-refractivity contribution in [3.63, 3.8) is 0 Å². The fraction of sp³-hybridized carbons (Fsp3) is 0.625. The first-order valence-electron chi connectivity index (χ1n) is 7.34. The van der Waals surface area contributed by atoms with Crippen LogP contribution in [0.4, 0.5) is 5.69 Å². The number of rotatable bonds is 4. The monoisotopic (exact) mass is 278 g/mol. The van der Waals surface area contributed by atoms with Crippen LogP contribution in [0.25, 0.3) is 0 Å². The van der Waals surface area contributed by atoms with Gasteiger partial charge in [-0.2, -0.15) is 0 Å². The quantitative estimate of drug-likeness (QED) is 0.849. The van der Waals surface area contributed by atoms with Crippen LogP contribution in [0.1, 0.15) is 31.2 Å². The summed E-state index contributed by atoms with van der Waals surface area (Å²) in [4.78, 5) is 2.42. The van der Waals surface area contributed by atoms with Gasteiger partial charge in [-0.25, -0.2) is 0 Å². The van der Waals surface area contributed by atoms with E-state index in [-0.39, 0.29) is 0 Å². The summed E-state index contributed by atoms with van der Waals surface area (Å²) in [5, 5.41) is 0.719. The Morgan fingerprint density at radius 1 is 1.32 bits per heavy atom. The summed E-state index contributed by atoms with van der Waals surface area (Å²) in [6.45, 7) is 2.14. The molecule has 2 aliphatic rings. The molecule has 0 amide bonds. The lowest BCUT2D eigenvalue weighted by atomic mass is 9.88. The number of nitrogens with two attached hydrogens (primary N) is 1. The van der Waals surface area contributed by atoms with Gasteiger partial charge in [-0.3, -0.25) is 0 Å². The number of nitrogen functional groups attached to an aromatic ring is 1. The SMILES string of the molecule is CN(Cc1ccc(Cl)cc1N)CC1CC2CCC1C2. The third-order valence-electron chi connectivity index (χ3n) is 4.98. The number of halogens is 1. The Morgan fingerprint density at radius 2 is 2.16 bits per heavy atom. The molecule has 0 radical (unpaired) electrons. The van der Waals surface area contributed by atoms with Gasteiger partial charge >= 0.3 is 0 Å². The highest BCUT2D eigenvalue weighted by Gasteiger charge is 2.39. The molecule has 0 saturated heterocycles. The van der Waals surface area contributed by atoms with Gasteiger partial charge in [0.25, 0.3) is 0 Å². The number of benzene rings is 1. The summed E-state index contributed by atoms with van der Waals surface area (Å²) in [6, 6.07) is 5.83. The van der Waals surface area contributed by atoms with Crippen LogP contribution in [0, 0.1) is 17.8 Å². The normalized spacial score (nSPS) is 29.3. The van der Waals surface area contributed by atoms with E-state index in [1.54, 1.807) is 0 Å². The minimum absolute atomic E-state index is 0.719. The Labute approximate surface area is 120 Å². The van der Waals surface area contributed by atoms with E-state index in [9.17, 15) is 0 Å². The van der Waals surface area contributed by atoms with Crippen LogP contribution in [0.3, 0.4) is 0 Å². The molecule has 0 aliphatic heterocycles. The Bertz CT molecular complexity index is 460. The van der Waals surface area contributed by atoms with Gasteiger partial charge in [0.1, 0.15) is 0 Å². The van der Waals surface area contributed by atoms with Crippen LogP contribution in [0.15, 0.2) is 18.2 Å². The molecule has 3 atom stereocenters. The Hall–Kier alpha value is -0.730. The van der Waals surface area contributed by atoms with Crippen LogP contribution in [-0.4, -0.2) is 18.5 Å². The second-order valence-electron chi connectivity index (χ2n) is 6.47. The third kappa shape index (κ3) is 2.90. The lowest BCUT2D eigenvalue weighted by Crippen LogP contribution is -2.28. The van der Waals surface area contributed by atoms with Gasteiger partial charge in [-0.05, 0) is 61.8 Å². The minimum Gasteiger partial charge on any atom is -0.398 e. The molecule has 1 aromatic rings. The largest absolute Gasteiger partial charge is 0.398 e. The van der Waals surface area contributed by atoms with E-state index in [0.29, 0.717) is 0 Å². The van der Waals surface area contributed by atoms with Gasteiger partial charge in [-0.1, -0.05) is 24.1 Å². The summed E-state index contributed by atoms with van der Waals surface area (Å²) >= 11 is 5.94. The van der Waals surface area contributed by atoms with Crippen molar-refractivity contribution in [3.8, 4) is 0 Å². The maximum atomic E-state index is 6.03. The minimum atomic E-state index is 0.719. The molecule has 2 nitrogen and oxygen atoms in total. The van der Waals surface area contributed by atoms with Crippen LogP contribution in [-0.2, 0) is 6.54 Å². The van der Waals surface area contributed by atoms with Crippen LogP contribution in [0.2, 0.25) is 5.02 Å². The molecule has 104 valence electrons. The van der Waals surface area contributed by atoms with Crippen molar-refractivity contribution < 1.29 is 0 Å².